The molecule has 6 rings (SSSR count). The number of nitrogens with two attached hydrogens (primary N) is 1. The number of aliphatic hydroxyl groups excluding tert-OH is 3. The summed E-state index contributed by atoms with van der Waals surface area (Å²) in [5.74, 6) is -2.45. The number of hydrogen-bond donors (Lipinski definition) is 5. The number of rotatable bonds is 16. The molecule has 3 aliphatic rings. The minimum absolute atomic E-state index is 0.0177. The Hall–Kier alpha value is -3.50. The number of carbonyl (C=O) groups is 1. The van der Waals surface area contributed by atoms with Crippen molar-refractivity contribution in [3.63, 3.8) is 0 Å². The second-order valence-corrected chi connectivity index (χ2v) is 22.4. The van der Waals surface area contributed by atoms with Crippen molar-refractivity contribution < 1.29 is 58.0 Å². The third kappa shape index (κ3) is 14.5. The summed E-state index contributed by atoms with van der Waals surface area (Å²) >= 11 is 0. The lowest BCUT2D eigenvalue weighted by molar-refractivity contribution is -0.304. The average molecular weight is 1040 g/mol. The summed E-state index contributed by atoms with van der Waals surface area (Å²) in [5.41, 5.74) is 7.92. The number of benzene rings is 2. The summed E-state index contributed by atoms with van der Waals surface area (Å²) < 4.78 is 54.7. The van der Waals surface area contributed by atoms with E-state index in [-0.39, 0.29) is 30.9 Å². The molecule has 3 fully saturated rings. The van der Waals surface area contributed by atoms with Gasteiger partial charge in [0.2, 0.25) is 0 Å². The van der Waals surface area contributed by atoms with Crippen molar-refractivity contribution >= 4 is 5.97 Å². The van der Waals surface area contributed by atoms with Crippen LogP contribution in [0.2, 0.25) is 0 Å². The zero-order valence-electron chi connectivity index (χ0n) is 46.0. The molecule has 0 amide bonds. The molecule has 74 heavy (non-hydrogen) atoms. The zero-order chi connectivity index (χ0) is 54.2. The van der Waals surface area contributed by atoms with Gasteiger partial charge in [-0.25, -0.2) is 9.07 Å². The highest BCUT2D eigenvalue weighted by molar-refractivity contribution is 5.73. The van der Waals surface area contributed by atoms with Gasteiger partial charge in [-0.1, -0.05) is 74.5 Å². The number of nitrogens with zero attached hydrogens (tertiary/aromatic N) is 5. The maximum Gasteiger partial charge on any atom is 0.311 e. The second kappa shape index (κ2) is 26.2. The highest BCUT2D eigenvalue weighted by atomic mass is 19.1. The normalized spacial score (nSPS) is 36.7. The van der Waals surface area contributed by atoms with Crippen molar-refractivity contribution in [3.05, 3.63) is 71.5 Å². The molecular formula is C56H89FN6O11. The van der Waals surface area contributed by atoms with E-state index in [0.29, 0.717) is 45.3 Å². The van der Waals surface area contributed by atoms with Gasteiger partial charge in [0, 0.05) is 70.2 Å². The quantitative estimate of drug-likeness (QED) is 0.110. The van der Waals surface area contributed by atoms with Gasteiger partial charge in [-0.3, -0.25) is 4.79 Å². The number of alkyl halides is 1. The predicted molar refractivity (Wildman–Crippen MR) is 279 cm³/mol. The fourth-order valence-electron chi connectivity index (χ4n) is 11.3. The smallest absolute Gasteiger partial charge is 0.311 e. The fraction of sp³-hybridized carbons (Fsp3) is 0.732. The summed E-state index contributed by atoms with van der Waals surface area (Å²) in [6, 6.07) is 15.3. The molecule has 3 aromatic rings. The van der Waals surface area contributed by atoms with Crippen molar-refractivity contribution in [3.8, 4) is 11.1 Å². The van der Waals surface area contributed by atoms with Crippen LogP contribution in [0, 0.1) is 17.8 Å². The Morgan fingerprint density at radius 2 is 1.54 bits per heavy atom. The second-order valence-electron chi connectivity index (χ2n) is 22.4. The van der Waals surface area contributed by atoms with Crippen LogP contribution < -0.4 is 5.73 Å². The lowest BCUT2D eigenvalue weighted by atomic mass is 9.83. The minimum atomic E-state index is -1.81. The highest BCUT2D eigenvalue weighted by Crippen LogP contribution is 2.38. The van der Waals surface area contributed by atoms with Crippen molar-refractivity contribution in [2.75, 3.05) is 41.0 Å². The molecule has 3 saturated heterocycles. The van der Waals surface area contributed by atoms with Crippen LogP contribution in [-0.2, 0) is 52.6 Å². The first-order valence-corrected chi connectivity index (χ1v) is 26.9. The van der Waals surface area contributed by atoms with Gasteiger partial charge < -0.3 is 64.4 Å². The first kappa shape index (κ1) is 59.7. The molecule has 0 radical (unpaired) electrons. The molecule has 4 heterocycles. The van der Waals surface area contributed by atoms with Gasteiger partial charge in [-0.05, 0) is 109 Å². The minimum Gasteiger partial charge on any atom is -0.459 e. The van der Waals surface area contributed by atoms with E-state index in [1.807, 2.05) is 70.1 Å². The van der Waals surface area contributed by atoms with Crippen LogP contribution in [-0.4, -0.2) is 177 Å². The van der Waals surface area contributed by atoms with E-state index in [0.717, 1.165) is 34.4 Å². The SMILES string of the molecule is CC[C@H]1OC(=O)[C@H](C)[C@@H](O[C@H]2C[C@@](C)(OC)[C@@H](O)[C@H](C)O2)[C@H](C)[C@@H](O[C@H]2C[C@@H](N(C)CCc3cn([C@H](CF)Cc4ccc(-c5ccc(CN)cc5)cc4)nn3)C[C@@H](C)O2)[C@H](O)C[C@@H](C)CN(C)[C@H](C)[C@@H](O)[C@]1(C)O. The van der Waals surface area contributed by atoms with Crippen LogP contribution in [0.4, 0.5) is 4.39 Å². The molecule has 0 unspecified atom stereocenters. The molecule has 2 aromatic carbocycles. The van der Waals surface area contributed by atoms with Crippen LogP contribution in [0.15, 0.2) is 54.7 Å². The van der Waals surface area contributed by atoms with Crippen LogP contribution >= 0.6 is 0 Å². The molecule has 18 atom stereocenters. The van der Waals surface area contributed by atoms with E-state index in [4.69, 9.17) is 34.2 Å². The van der Waals surface area contributed by atoms with Gasteiger partial charge >= 0.3 is 5.97 Å². The van der Waals surface area contributed by atoms with Gasteiger partial charge in [0.1, 0.15) is 30.6 Å². The molecule has 416 valence electrons. The van der Waals surface area contributed by atoms with Crippen LogP contribution in [0.5, 0.6) is 0 Å². The van der Waals surface area contributed by atoms with Gasteiger partial charge in [-0.2, -0.15) is 0 Å². The third-order valence-electron chi connectivity index (χ3n) is 16.5. The van der Waals surface area contributed by atoms with Crippen LogP contribution in [0.3, 0.4) is 0 Å². The van der Waals surface area contributed by atoms with Gasteiger partial charge in [0.15, 0.2) is 12.6 Å². The largest absolute Gasteiger partial charge is 0.459 e. The average Bonchev–Trinajstić information content (AvgIpc) is 3.86. The topological polar surface area (TPSA) is 217 Å². The standard InChI is InChI=1S/C56H89FN6O11/c1-13-47-56(9,68)52(65)37(6)62(11)31-33(2)24-46(64)51(35(4)50(36(5)54(67)72-47)74-49-28-55(8,69-12)53(66)38(7)71-49)73-48-27-44(25-34(3)70-48)61(10)23-22-43-32-63(60-59-43)45(29-57)26-39-14-18-41(19-15-39)42-20-16-40(30-58)17-21-42/h14-21,32-38,44-53,64-66,68H,13,22-31,58H2,1-12H3/t33-,34-,35+,36-,37-,38+,44+,45+,46-,47-,48+,49+,50+,51-,52-,53+,55-,56-/m1/s1. The molecule has 1 aromatic heterocycles. The van der Waals surface area contributed by atoms with Crippen LogP contribution in [0.1, 0.15) is 117 Å². The number of likely N-dealkylation sites (N-methyl/N-ethyl adjacent to an activating group) is 2. The number of methoxy groups -OCH3 is 1. The number of aromatic nitrogens is 3. The number of ether oxygens (including phenoxy) is 6. The van der Waals surface area contributed by atoms with Crippen molar-refractivity contribution in [2.45, 2.75) is 205 Å². The number of halogens is 1. The number of hydrogen-bond acceptors (Lipinski definition) is 16. The van der Waals surface area contributed by atoms with Gasteiger partial charge in [-0.15, -0.1) is 5.10 Å². The first-order chi connectivity index (χ1) is 35.0. The molecule has 3 aliphatic heterocycles. The van der Waals surface area contributed by atoms with Crippen LogP contribution in [0.25, 0.3) is 11.1 Å². The Bertz CT molecular complexity index is 2190. The zero-order valence-corrected chi connectivity index (χ0v) is 46.0. The number of esters is 1. The Balaban J connectivity index is 1.19. The molecule has 18 heteroatoms. The van der Waals surface area contributed by atoms with Crippen molar-refractivity contribution in [1.29, 1.82) is 0 Å². The van der Waals surface area contributed by atoms with Gasteiger partial charge in [0.25, 0.3) is 0 Å². The molecular weight excluding hydrogens is 952 g/mol. The monoisotopic (exact) mass is 1040 g/mol. The predicted octanol–water partition coefficient (Wildman–Crippen LogP) is 5.62. The maximum atomic E-state index is 14.6. The van der Waals surface area contributed by atoms with E-state index < -0.39 is 103 Å². The van der Waals surface area contributed by atoms with Crippen molar-refractivity contribution in [1.82, 2.24) is 24.8 Å². The molecule has 0 spiro atoms. The highest BCUT2D eigenvalue weighted by Gasteiger charge is 2.50. The summed E-state index contributed by atoms with van der Waals surface area (Å²) in [4.78, 5) is 18.6. The van der Waals surface area contributed by atoms with E-state index in [1.165, 1.54) is 14.0 Å². The Kier molecular flexibility index (Phi) is 21.2. The maximum absolute atomic E-state index is 14.6. The lowest BCUT2D eigenvalue weighted by Crippen LogP contribution is -2.59. The molecule has 17 nitrogen and oxygen atoms in total. The summed E-state index contributed by atoms with van der Waals surface area (Å²) in [5, 5.41) is 55.8. The molecule has 0 bridgehead atoms. The summed E-state index contributed by atoms with van der Waals surface area (Å²) in [7, 11) is 5.43. The summed E-state index contributed by atoms with van der Waals surface area (Å²) in [6.45, 7) is 17.2. The van der Waals surface area contributed by atoms with E-state index >= 15 is 0 Å². The number of carbonyl (C=O) groups excluding carboxylic acids is 1. The number of cyclic esters (lactones) is 1. The first-order valence-electron chi connectivity index (χ1n) is 26.9. The third-order valence-corrected chi connectivity index (χ3v) is 16.5. The fourth-order valence-corrected chi connectivity index (χ4v) is 11.3. The molecule has 6 N–H and O–H groups in total. The summed E-state index contributed by atoms with van der Waals surface area (Å²) in [6.07, 6.45) is -4.12. The lowest BCUT2D eigenvalue weighted by Gasteiger charge is -2.47. The van der Waals surface area contributed by atoms with Gasteiger partial charge in [0.05, 0.1) is 53.8 Å². The molecule has 0 aliphatic carbocycles. The Labute approximate surface area is 439 Å². The van der Waals surface area contributed by atoms with Crippen molar-refractivity contribution in [2.24, 2.45) is 23.5 Å². The van der Waals surface area contributed by atoms with E-state index in [2.05, 4.69) is 46.5 Å². The molecule has 0 saturated carbocycles. The Morgan fingerprint density at radius 3 is 2.15 bits per heavy atom. The van der Waals surface area contributed by atoms with E-state index in [1.54, 1.807) is 32.4 Å². The number of aliphatic hydroxyl groups is 4. The Morgan fingerprint density at radius 1 is 0.905 bits per heavy atom. The van der Waals surface area contributed by atoms with E-state index in [9.17, 15) is 29.6 Å².